The standard InChI is InChI=1S/C34H39N3O7S/c1-21(36-33(42)43-20-26-24-13-7-5-11-22(24)23-12-6-8-14-25(23)26)31(40)37-27(15-16-28(38)32(41)44-34(2,3)4)30(39)29(19-35)45-17-9-10-18-45/h5-8,11-14,21,26-27H,9-10,15-18,20H2,1-4H3,(H,36,42)(H,37,40)/t21-,27-/m0/s1. The lowest BCUT2D eigenvalue weighted by atomic mass is 9.98. The smallest absolute Gasteiger partial charge is 0.407 e. The van der Waals surface area contributed by atoms with Gasteiger partial charge in [-0.15, -0.1) is 0 Å². The number of ether oxygens (including phenoxy) is 2. The Morgan fingerprint density at radius 3 is 2.09 bits per heavy atom. The Kier molecular flexibility index (Phi) is 10.9. The minimum atomic E-state index is -1.24. The van der Waals surface area contributed by atoms with Crippen LogP contribution in [0.15, 0.2) is 48.5 Å². The molecule has 0 saturated carbocycles. The molecule has 1 fully saturated rings. The van der Waals surface area contributed by atoms with Crippen molar-refractivity contribution >= 4 is 44.9 Å². The molecule has 1 aliphatic heterocycles. The van der Waals surface area contributed by atoms with Crippen LogP contribution in [0.3, 0.4) is 0 Å². The van der Waals surface area contributed by atoms with Crippen molar-refractivity contribution in [2.75, 3.05) is 18.1 Å². The molecule has 2 aliphatic rings. The molecule has 0 aromatic heterocycles. The molecule has 1 aliphatic carbocycles. The molecule has 238 valence electrons. The zero-order chi connectivity index (χ0) is 32.7. The number of Topliss-reactive ketones (excluding diaryl/α,β-unsaturated/α-hetero) is 2. The van der Waals surface area contributed by atoms with E-state index in [9.17, 15) is 29.2 Å². The van der Waals surface area contributed by atoms with Gasteiger partial charge in [-0.1, -0.05) is 48.5 Å². The number of benzene rings is 2. The summed E-state index contributed by atoms with van der Waals surface area (Å²) >= 11 is 0. The summed E-state index contributed by atoms with van der Waals surface area (Å²) in [6.07, 6.45) is 0.419. The predicted molar refractivity (Wildman–Crippen MR) is 172 cm³/mol. The van der Waals surface area contributed by atoms with Gasteiger partial charge in [0.2, 0.25) is 17.5 Å². The van der Waals surface area contributed by atoms with E-state index in [-0.39, 0.29) is 30.2 Å². The number of nitrogens with one attached hydrogen (secondary N) is 2. The number of carbonyl (C=O) groups is 5. The molecular weight excluding hydrogens is 594 g/mol. The molecule has 0 radical (unpaired) electrons. The van der Waals surface area contributed by atoms with Crippen LogP contribution in [0.5, 0.6) is 0 Å². The quantitative estimate of drug-likeness (QED) is 0.210. The maximum absolute atomic E-state index is 13.5. The van der Waals surface area contributed by atoms with Crippen LogP contribution in [0.25, 0.3) is 11.1 Å². The summed E-state index contributed by atoms with van der Waals surface area (Å²) in [5.41, 5.74) is 3.39. The number of rotatable bonds is 11. The van der Waals surface area contributed by atoms with Crippen molar-refractivity contribution in [3.63, 3.8) is 0 Å². The third-order valence-corrected chi connectivity index (χ3v) is 10.1. The number of carbonyl (C=O) groups excluding carboxylic acids is 5. The fourth-order valence-electron chi connectivity index (χ4n) is 5.44. The third-order valence-electron chi connectivity index (χ3n) is 7.64. The van der Waals surface area contributed by atoms with Gasteiger partial charge in [-0.25, -0.2) is 9.59 Å². The van der Waals surface area contributed by atoms with Crippen molar-refractivity contribution in [1.82, 2.24) is 10.6 Å². The molecule has 2 amide bonds. The van der Waals surface area contributed by atoms with Gasteiger partial charge in [0.25, 0.3) is 0 Å². The van der Waals surface area contributed by atoms with Crippen LogP contribution < -0.4 is 10.6 Å². The largest absolute Gasteiger partial charge is 0.454 e. The molecule has 2 aromatic rings. The van der Waals surface area contributed by atoms with Gasteiger partial charge in [-0.2, -0.15) is 15.7 Å². The fraction of sp³-hybridized carbons (Fsp3) is 0.441. The second kappa shape index (κ2) is 14.7. The first-order valence-electron chi connectivity index (χ1n) is 15.1. The highest BCUT2D eigenvalue weighted by molar-refractivity contribution is 8.17. The number of amides is 2. The highest BCUT2D eigenvalue weighted by Gasteiger charge is 2.32. The summed E-state index contributed by atoms with van der Waals surface area (Å²) in [5.74, 6) is -1.89. The summed E-state index contributed by atoms with van der Waals surface area (Å²) in [6, 6.07) is 15.5. The molecule has 45 heavy (non-hydrogen) atoms. The molecule has 2 N–H and O–H groups in total. The van der Waals surface area contributed by atoms with Crippen molar-refractivity contribution in [3.8, 4) is 17.2 Å². The van der Waals surface area contributed by atoms with E-state index in [4.69, 9.17) is 9.47 Å². The van der Waals surface area contributed by atoms with E-state index >= 15 is 0 Å². The second-order valence-electron chi connectivity index (χ2n) is 12.1. The number of nitriles is 1. The number of ketones is 2. The van der Waals surface area contributed by atoms with Crippen LogP contribution >= 0.6 is 10.5 Å². The van der Waals surface area contributed by atoms with Gasteiger partial charge in [0, 0.05) is 12.3 Å². The Labute approximate surface area is 265 Å². The SMILES string of the molecule is C[C@H](NC(=O)OCC1c2ccccc2-c2ccccc21)C(=O)N[C@@H](CCC(=O)C(=O)OC(C)(C)C)C(=O)C(C#N)=S1CCCC1. The van der Waals surface area contributed by atoms with E-state index in [1.54, 1.807) is 20.8 Å². The van der Waals surface area contributed by atoms with Crippen LogP contribution in [-0.4, -0.2) is 70.2 Å². The summed E-state index contributed by atoms with van der Waals surface area (Å²) in [4.78, 5) is 64.2. The first-order valence-corrected chi connectivity index (χ1v) is 16.6. The topological polar surface area (TPSA) is 152 Å². The molecule has 4 rings (SSSR count). The Balaban J connectivity index is 1.40. The summed E-state index contributed by atoms with van der Waals surface area (Å²) < 4.78 is 10.7. The lowest BCUT2D eigenvalue weighted by Gasteiger charge is -2.22. The number of alkyl carbamates (subject to hydrolysis) is 1. The second-order valence-corrected chi connectivity index (χ2v) is 14.3. The molecule has 1 heterocycles. The summed E-state index contributed by atoms with van der Waals surface area (Å²) in [6.45, 7) is 6.40. The molecule has 2 aromatic carbocycles. The lowest BCUT2D eigenvalue weighted by molar-refractivity contribution is -0.162. The Bertz CT molecular complexity index is 1520. The van der Waals surface area contributed by atoms with Crippen LogP contribution in [0.1, 0.15) is 70.4 Å². The van der Waals surface area contributed by atoms with Crippen molar-refractivity contribution in [3.05, 3.63) is 59.7 Å². The van der Waals surface area contributed by atoms with Gasteiger partial charge in [0.05, 0.1) is 6.04 Å². The molecule has 0 bridgehead atoms. The third kappa shape index (κ3) is 8.45. The number of nitrogens with zero attached hydrogens (tertiary/aromatic N) is 1. The first-order chi connectivity index (χ1) is 21.4. The van der Waals surface area contributed by atoms with Crippen molar-refractivity contribution in [1.29, 1.82) is 5.26 Å². The van der Waals surface area contributed by atoms with Gasteiger partial charge in [0.1, 0.15) is 29.2 Å². The Morgan fingerprint density at radius 2 is 1.53 bits per heavy atom. The van der Waals surface area contributed by atoms with Gasteiger partial charge in [-0.3, -0.25) is 14.4 Å². The Hall–Kier alpha value is -4.30. The molecule has 0 spiro atoms. The van der Waals surface area contributed by atoms with E-state index in [1.807, 2.05) is 54.6 Å². The van der Waals surface area contributed by atoms with Crippen LogP contribution in [0.2, 0.25) is 0 Å². The van der Waals surface area contributed by atoms with Gasteiger partial charge >= 0.3 is 12.1 Å². The number of hydrogen-bond acceptors (Lipinski definition) is 8. The van der Waals surface area contributed by atoms with Crippen molar-refractivity contribution in [2.24, 2.45) is 0 Å². The van der Waals surface area contributed by atoms with E-state index in [2.05, 4.69) is 10.6 Å². The fourth-order valence-corrected chi connectivity index (χ4v) is 7.71. The Morgan fingerprint density at radius 1 is 0.956 bits per heavy atom. The molecule has 2 atom stereocenters. The van der Waals surface area contributed by atoms with Gasteiger partial charge < -0.3 is 20.1 Å². The number of hydrogen-bond donors (Lipinski definition) is 2. The van der Waals surface area contributed by atoms with Crippen molar-refractivity contribution < 1.29 is 33.4 Å². The zero-order valence-electron chi connectivity index (χ0n) is 26.0. The minimum Gasteiger partial charge on any atom is -0.454 e. The first kappa shape index (κ1) is 33.6. The highest BCUT2D eigenvalue weighted by Crippen LogP contribution is 2.44. The van der Waals surface area contributed by atoms with Crippen LogP contribution in [0, 0.1) is 11.3 Å². The van der Waals surface area contributed by atoms with E-state index in [0.717, 1.165) is 35.1 Å². The number of fused-ring (bicyclic) bond motifs is 3. The lowest BCUT2D eigenvalue weighted by Crippen LogP contribution is -2.51. The number of esters is 1. The minimum absolute atomic E-state index is 0.0604. The van der Waals surface area contributed by atoms with E-state index in [0.29, 0.717) is 11.5 Å². The van der Waals surface area contributed by atoms with Crippen LogP contribution in [0.4, 0.5) is 4.79 Å². The molecular formula is C34H39N3O7S. The highest BCUT2D eigenvalue weighted by atomic mass is 32.2. The molecule has 10 nitrogen and oxygen atoms in total. The van der Waals surface area contributed by atoms with Gasteiger partial charge in [0.15, 0.2) is 0 Å². The maximum atomic E-state index is 13.5. The van der Waals surface area contributed by atoms with E-state index in [1.165, 1.54) is 6.92 Å². The van der Waals surface area contributed by atoms with Gasteiger partial charge in [-0.05, 0) is 80.7 Å². The van der Waals surface area contributed by atoms with Crippen LogP contribution in [-0.2, 0) is 28.7 Å². The molecule has 1 saturated heterocycles. The zero-order valence-corrected chi connectivity index (χ0v) is 26.8. The average Bonchev–Trinajstić information content (AvgIpc) is 3.64. The molecule has 11 heteroatoms. The monoisotopic (exact) mass is 633 g/mol. The molecule has 0 unspecified atom stereocenters. The van der Waals surface area contributed by atoms with E-state index < -0.39 is 57.7 Å². The normalized spacial score (nSPS) is 15.5. The van der Waals surface area contributed by atoms with Crippen molar-refractivity contribution in [2.45, 2.75) is 77.0 Å². The average molecular weight is 634 g/mol. The summed E-state index contributed by atoms with van der Waals surface area (Å²) in [7, 11) is -0.534. The summed E-state index contributed by atoms with van der Waals surface area (Å²) in [5, 5.41) is 14.9. The maximum Gasteiger partial charge on any atom is 0.407 e. The predicted octanol–water partition coefficient (Wildman–Crippen LogP) is 4.42.